The number of hydrogen-bond donors (Lipinski definition) is 1. The second-order valence-corrected chi connectivity index (χ2v) is 5.78. The molecule has 2 rings (SSSR count). The summed E-state index contributed by atoms with van der Waals surface area (Å²) < 4.78 is 12.0. The van der Waals surface area contributed by atoms with E-state index < -0.39 is 6.09 Å². The lowest BCUT2D eigenvalue weighted by atomic mass is 10.2. The highest BCUT2D eigenvalue weighted by Crippen LogP contribution is 2.16. The molecule has 23 heavy (non-hydrogen) atoms. The van der Waals surface area contributed by atoms with Gasteiger partial charge in [-0.25, -0.2) is 9.48 Å². The SMILES string of the molecule is CC(C)OC(=O)NCCC1CN(c2cnn(C)c(=O)c2)CCO1. The van der Waals surface area contributed by atoms with Gasteiger partial charge >= 0.3 is 6.09 Å². The Kier molecular flexibility index (Phi) is 5.97. The third-order valence-corrected chi connectivity index (χ3v) is 3.54. The predicted octanol–water partition coefficient (Wildman–Crippen LogP) is 0.510. The van der Waals surface area contributed by atoms with E-state index in [0.29, 0.717) is 32.7 Å². The van der Waals surface area contributed by atoms with Crippen LogP contribution in [0.5, 0.6) is 0 Å². The zero-order chi connectivity index (χ0) is 16.8. The molecular formula is C15H24N4O4. The number of anilines is 1. The zero-order valence-electron chi connectivity index (χ0n) is 13.8. The van der Waals surface area contributed by atoms with Crippen LogP contribution in [0.1, 0.15) is 20.3 Å². The number of hydrogen-bond acceptors (Lipinski definition) is 6. The summed E-state index contributed by atoms with van der Waals surface area (Å²) in [5.74, 6) is 0. The Labute approximate surface area is 135 Å². The number of amides is 1. The van der Waals surface area contributed by atoms with Crippen LogP contribution in [0, 0.1) is 0 Å². The summed E-state index contributed by atoms with van der Waals surface area (Å²) in [6.45, 7) is 6.05. The van der Waals surface area contributed by atoms with Crippen molar-refractivity contribution < 1.29 is 14.3 Å². The van der Waals surface area contributed by atoms with E-state index in [1.165, 1.54) is 4.68 Å². The van der Waals surface area contributed by atoms with Crippen molar-refractivity contribution in [2.24, 2.45) is 7.05 Å². The van der Waals surface area contributed by atoms with E-state index in [-0.39, 0.29) is 17.8 Å². The fourth-order valence-electron chi connectivity index (χ4n) is 2.35. The van der Waals surface area contributed by atoms with Crippen molar-refractivity contribution in [1.82, 2.24) is 15.1 Å². The monoisotopic (exact) mass is 324 g/mol. The van der Waals surface area contributed by atoms with Gasteiger partial charge in [0.2, 0.25) is 0 Å². The molecule has 1 atom stereocenters. The molecule has 1 aromatic rings. The fraction of sp³-hybridized carbons (Fsp3) is 0.667. The van der Waals surface area contributed by atoms with Gasteiger partial charge in [-0.3, -0.25) is 4.79 Å². The normalized spacial score (nSPS) is 18.1. The molecule has 1 aliphatic heterocycles. The van der Waals surface area contributed by atoms with Crippen molar-refractivity contribution in [2.75, 3.05) is 31.1 Å². The van der Waals surface area contributed by atoms with E-state index in [4.69, 9.17) is 9.47 Å². The molecule has 1 aromatic heterocycles. The molecule has 0 radical (unpaired) electrons. The molecule has 8 heteroatoms. The molecule has 1 aliphatic rings. The number of alkyl carbamates (subject to hydrolysis) is 1. The van der Waals surface area contributed by atoms with Gasteiger partial charge < -0.3 is 19.7 Å². The number of ether oxygens (including phenoxy) is 2. The van der Waals surface area contributed by atoms with Crippen molar-refractivity contribution in [3.63, 3.8) is 0 Å². The maximum atomic E-state index is 11.7. The molecule has 1 amide bonds. The van der Waals surface area contributed by atoms with Gasteiger partial charge in [0.25, 0.3) is 5.56 Å². The third kappa shape index (κ3) is 5.24. The maximum Gasteiger partial charge on any atom is 0.407 e. The number of aryl methyl sites for hydroxylation is 1. The van der Waals surface area contributed by atoms with E-state index in [1.807, 2.05) is 0 Å². The van der Waals surface area contributed by atoms with Gasteiger partial charge in [-0.2, -0.15) is 5.10 Å². The van der Waals surface area contributed by atoms with Gasteiger partial charge in [0, 0.05) is 32.7 Å². The van der Waals surface area contributed by atoms with Crippen LogP contribution in [0.15, 0.2) is 17.1 Å². The summed E-state index contributed by atoms with van der Waals surface area (Å²) in [5.41, 5.74) is 0.664. The van der Waals surface area contributed by atoms with Crippen molar-refractivity contribution in [3.05, 3.63) is 22.6 Å². The van der Waals surface area contributed by atoms with Gasteiger partial charge in [-0.05, 0) is 20.3 Å². The first kappa shape index (κ1) is 17.3. The topological polar surface area (TPSA) is 85.7 Å². The zero-order valence-corrected chi connectivity index (χ0v) is 13.8. The highest BCUT2D eigenvalue weighted by atomic mass is 16.6. The highest BCUT2D eigenvalue weighted by molar-refractivity contribution is 5.67. The molecule has 8 nitrogen and oxygen atoms in total. The molecule has 2 heterocycles. The van der Waals surface area contributed by atoms with Crippen LogP contribution in [-0.4, -0.2) is 54.3 Å². The molecular weight excluding hydrogens is 300 g/mol. The van der Waals surface area contributed by atoms with Crippen LogP contribution in [0.25, 0.3) is 0 Å². The predicted molar refractivity (Wildman–Crippen MR) is 85.7 cm³/mol. The standard InChI is InChI=1S/C15H24N4O4/c1-11(2)23-15(21)16-5-4-13-10-19(6-7-22-13)12-8-14(20)18(3)17-9-12/h8-9,11,13H,4-7,10H2,1-3H3,(H,16,21). The average Bonchev–Trinajstić information content (AvgIpc) is 2.49. The molecule has 1 N–H and O–H groups in total. The third-order valence-electron chi connectivity index (χ3n) is 3.54. The van der Waals surface area contributed by atoms with E-state index >= 15 is 0 Å². The summed E-state index contributed by atoms with van der Waals surface area (Å²) in [7, 11) is 1.62. The van der Waals surface area contributed by atoms with Crippen LogP contribution in [0.3, 0.4) is 0 Å². The Morgan fingerprint density at radius 2 is 2.35 bits per heavy atom. The molecule has 1 unspecified atom stereocenters. The van der Waals surface area contributed by atoms with Crippen molar-refractivity contribution in [1.29, 1.82) is 0 Å². The number of morpholine rings is 1. The molecule has 0 aromatic carbocycles. The van der Waals surface area contributed by atoms with Crippen LogP contribution >= 0.6 is 0 Å². The summed E-state index contributed by atoms with van der Waals surface area (Å²) in [6.07, 6.45) is 1.81. The van der Waals surface area contributed by atoms with E-state index in [9.17, 15) is 9.59 Å². The molecule has 1 saturated heterocycles. The number of nitrogens with zero attached hydrogens (tertiary/aromatic N) is 3. The Morgan fingerprint density at radius 1 is 1.57 bits per heavy atom. The Morgan fingerprint density at radius 3 is 3.04 bits per heavy atom. The lowest BCUT2D eigenvalue weighted by Crippen LogP contribution is -2.44. The van der Waals surface area contributed by atoms with Gasteiger partial charge in [0.1, 0.15) is 0 Å². The van der Waals surface area contributed by atoms with Crippen molar-refractivity contribution >= 4 is 11.8 Å². The van der Waals surface area contributed by atoms with E-state index in [2.05, 4.69) is 15.3 Å². The smallest absolute Gasteiger partial charge is 0.407 e. The minimum Gasteiger partial charge on any atom is -0.447 e. The lowest BCUT2D eigenvalue weighted by molar-refractivity contribution is 0.0349. The van der Waals surface area contributed by atoms with E-state index in [1.54, 1.807) is 33.2 Å². The molecule has 0 bridgehead atoms. The lowest BCUT2D eigenvalue weighted by Gasteiger charge is -2.34. The van der Waals surface area contributed by atoms with Gasteiger partial charge in [0.15, 0.2) is 0 Å². The second kappa shape index (κ2) is 7.96. The Bertz CT molecular complexity index is 587. The summed E-state index contributed by atoms with van der Waals surface area (Å²) >= 11 is 0. The Hall–Kier alpha value is -2.09. The van der Waals surface area contributed by atoms with Gasteiger partial charge in [-0.1, -0.05) is 0 Å². The minimum atomic E-state index is -0.413. The van der Waals surface area contributed by atoms with Crippen LogP contribution in [0.4, 0.5) is 10.5 Å². The van der Waals surface area contributed by atoms with Crippen LogP contribution in [-0.2, 0) is 16.5 Å². The van der Waals surface area contributed by atoms with Gasteiger partial charge in [0.05, 0.1) is 30.7 Å². The quantitative estimate of drug-likeness (QED) is 0.849. The molecule has 0 aliphatic carbocycles. The number of carbonyl (C=O) groups is 1. The second-order valence-electron chi connectivity index (χ2n) is 5.78. The highest BCUT2D eigenvalue weighted by Gasteiger charge is 2.21. The van der Waals surface area contributed by atoms with Crippen LogP contribution in [0.2, 0.25) is 0 Å². The summed E-state index contributed by atoms with van der Waals surface area (Å²) in [5, 5.41) is 6.75. The first-order valence-corrected chi connectivity index (χ1v) is 7.80. The molecule has 128 valence electrons. The minimum absolute atomic E-state index is 0.00726. The Balaban J connectivity index is 1.82. The number of carbonyl (C=O) groups excluding carboxylic acids is 1. The number of nitrogens with one attached hydrogen (secondary N) is 1. The first-order chi connectivity index (χ1) is 11.0. The fourth-order valence-corrected chi connectivity index (χ4v) is 2.35. The summed E-state index contributed by atoms with van der Waals surface area (Å²) in [6, 6.07) is 1.58. The maximum absolute atomic E-state index is 11.7. The van der Waals surface area contributed by atoms with Crippen LogP contribution < -0.4 is 15.8 Å². The van der Waals surface area contributed by atoms with E-state index in [0.717, 1.165) is 5.69 Å². The average molecular weight is 324 g/mol. The largest absolute Gasteiger partial charge is 0.447 e. The molecule has 1 fully saturated rings. The first-order valence-electron chi connectivity index (χ1n) is 7.80. The molecule has 0 saturated carbocycles. The number of rotatable bonds is 5. The van der Waals surface area contributed by atoms with Crippen molar-refractivity contribution in [2.45, 2.75) is 32.5 Å². The number of aromatic nitrogens is 2. The van der Waals surface area contributed by atoms with Gasteiger partial charge in [-0.15, -0.1) is 0 Å². The summed E-state index contributed by atoms with van der Waals surface area (Å²) in [4.78, 5) is 25.2. The molecule has 0 spiro atoms. The van der Waals surface area contributed by atoms with Crippen molar-refractivity contribution in [3.8, 4) is 0 Å².